The van der Waals surface area contributed by atoms with Crippen molar-refractivity contribution in [2.75, 3.05) is 18.2 Å². The van der Waals surface area contributed by atoms with Crippen molar-refractivity contribution in [2.24, 2.45) is 0 Å². The lowest BCUT2D eigenvalue weighted by Gasteiger charge is -2.13. The summed E-state index contributed by atoms with van der Waals surface area (Å²) in [5, 5.41) is 7.82. The highest BCUT2D eigenvalue weighted by atomic mass is 32.2. The number of carbonyl (C=O) groups is 1. The van der Waals surface area contributed by atoms with Crippen molar-refractivity contribution < 1.29 is 9.53 Å². The molecule has 0 unspecified atom stereocenters. The van der Waals surface area contributed by atoms with E-state index in [0.717, 1.165) is 11.1 Å². The second kappa shape index (κ2) is 10.1. The number of benzene rings is 2. The topological polar surface area (TPSA) is 91.0 Å². The molecule has 176 valence electrons. The van der Waals surface area contributed by atoms with Crippen molar-refractivity contribution in [3.63, 3.8) is 0 Å². The van der Waals surface area contributed by atoms with E-state index in [-0.39, 0.29) is 17.2 Å². The molecule has 0 saturated heterocycles. The number of carbonyl (C=O) groups excluding carboxylic acids is 1. The van der Waals surface area contributed by atoms with Crippen LogP contribution in [0.3, 0.4) is 0 Å². The number of thioether (sulfide) groups is 1. The molecule has 8 nitrogen and oxygen atoms in total. The van der Waals surface area contributed by atoms with Gasteiger partial charge in [-0.15, -0.1) is 0 Å². The smallest absolute Gasteiger partial charge is 0.280 e. The molecule has 9 heteroatoms. The normalized spacial score (nSPS) is 11.1. The molecular formula is C25H27N5O3S. The second-order valence-corrected chi connectivity index (χ2v) is 8.85. The van der Waals surface area contributed by atoms with E-state index in [1.807, 2.05) is 57.2 Å². The van der Waals surface area contributed by atoms with Gasteiger partial charge < -0.3 is 10.1 Å². The molecule has 0 aliphatic heterocycles. The number of methoxy groups -OCH3 is 1. The van der Waals surface area contributed by atoms with Gasteiger partial charge in [0.25, 0.3) is 5.56 Å². The number of hydrogen-bond acceptors (Lipinski definition) is 6. The number of hydrogen-bond donors (Lipinski definition) is 1. The predicted octanol–water partition coefficient (Wildman–Crippen LogP) is 4.02. The molecule has 4 aromatic rings. The van der Waals surface area contributed by atoms with Gasteiger partial charge in [-0.1, -0.05) is 53.7 Å². The molecule has 34 heavy (non-hydrogen) atoms. The van der Waals surface area contributed by atoms with Crippen molar-refractivity contribution >= 4 is 34.4 Å². The van der Waals surface area contributed by atoms with Crippen LogP contribution >= 0.6 is 11.8 Å². The number of aromatic nitrogens is 4. The first kappa shape index (κ1) is 23.6. The number of para-hydroxylation sites is 2. The maximum Gasteiger partial charge on any atom is 0.280 e. The summed E-state index contributed by atoms with van der Waals surface area (Å²) in [5.74, 6) is 0.455. The Morgan fingerprint density at radius 3 is 2.56 bits per heavy atom. The molecule has 2 aromatic carbocycles. The molecular weight excluding hydrogens is 450 g/mol. The molecule has 0 fully saturated rings. The van der Waals surface area contributed by atoms with Crippen LogP contribution in [0, 0.1) is 13.8 Å². The maximum atomic E-state index is 13.6. The molecule has 0 aliphatic carbocycles. The number of nitrogens with one attached hydrogen (secondary N) is 1. The van der Waals surface area contributed by atoms with E-state index in [2.05, 4.69) is 10.4 Å². The standard InChI is InChI=1S/C25H27N5O3S/c1-5-30-23-22(17(3)28-30)27-25(29(24(23)32)14-18-12-10-16(2)11-13-18)34-15-21(31)26-19-8-6-7-9-20(19)33-4/h6-13H,5,14-15H2,1-4H3,(H,26,31). The van der Waals surface area contributed by atoms with Crippen molar-refractivity contribution in [1.29, 1.82) is 0 Å². The SMILES string of the molecule is CCn1nc(C)c2nc(SCC(=O)Nc3ccccc3OC)n(Cc3ccc(C)cc3)c(=O)c21. The lowest BCUT2D eigenvalue weighted by Crippen LogP contribution is -2.26. The minimum Gasteiger partial charge on any atom is -0.495 e. The van der Waals surface area contributed by atoms with Gasteiger partial charge in [0.2, 0.25) is 5.91 Å². The average Bonchev–Trinajstić information content (AvgIpc) is 3.17. The zero-order valence-electron chi connectivity index (χ0n) is 19.7. The zero-order chi connectivity index (χ0) is 24.2. The molecule has 0 atom stereocenters. The Kier molecular flexibility index (Phi) is 7.02. The summed E-state index contributed by atoms with van der Waals surface area (Å²) in [7, 11) is 1.56. The third-order valence-electron chi connectivity index (χ3n) is 5.46. The van der Waals surface area contributed by atoms with Gasteiger partial charge in [0, 0.05) is 6.54 Å². The van der Waals surface area contributed by atoms with E-state index in [0.29, 0.717) is 46.4 Å². The van der Waals surface area contributed by atoms with Crippen LogP contribution in [0.25, 0.3) is 11.0 Å². The fourth-order valence-electron chi connectivity index (χ4n) is 3.71. The fraction of sp³-hybridized carbons (Fsp3) is 0.280. The predicted molar refractivity (Wildman–Crippen MR) is 135 cm³/mol. The molecule has 2 heterocycles. The lowest BCUT2D eigenvalue weighted by molar-refractivity contribution is -0.113. The Bertz CT molecular complexity index is 1390. The Morgan fingerprint density at radius 1 is 1.12 bits per heavy atom. The Balaban J connectivity index is 1.67. The van der Waals surface area contributed by atoms with Crippen LogP contribution in [0.5, 0.6) is 5.75 Å². The molecule has 0 radical (unpaired) electrons. The minimum absolute atomic E-state index is 0.0882. The molecule has 0 bridgehead atoms. The van der Waals surface area contributed by atoms with Crippen LogP contribution in [-0.2, 0) is 17.9 Å². The summed E-state index contributed by atoms with van der Waals surface area (Å²) in [4.78, 5) is 31.0. The van der Waals surface area contributed by atoms with Crippen molar-refractivity contribution in [2.45, 2.75) is 39.0 Å². The van der Waals surface area contributed by atoms with Gasteiger partial charge in [-0.2, -0.15) is 5.10 Å². The Labute approximate surface area is 202 Å². The number of anilines is 1. The third-order valence-corrected chi connectivity index (χ3v) is 6.43. The van der Waals surface area contributed by atoms with Gasteiger partial charge in [-0.25, -0.2) is 4.98 Å². The van der Waals surface area contributed by atoms with Crippen molar-refractivity contribution in [1.82, 2.24) is 19.3 Å². The molecule has 4 rings (SSSR count). The molecule has 2 aromatic heterocycles. The van der Waals surface area contributed by atoms with Gasteiger partial charge in [-0.3, -0.25) is 18.8 Å². The monoisotopic (exact) mass is 477 g/mol. The summed E-state index contributed by atoms with van der Waals surface area (Å²) < 4.78 is 8.62. The van der Waals surface area contributed by atoms with E-state index in [1.54, 1.807) is 28.5 Å². The van der Waals surface area contributed by atoms with Crippen LogP contribution in [0.4, 0.5) is 5.69 Å². The average molecular weight is 478 g/mol. The van der Waals surface area contributed by atoms with Crippen LogP contribution in [0.2, 0.25) is 0 Å². The van der Waals surface area contributed by atoms with Gasteiger partial charge in [0.1, 0.15) is 11.3 Å². The summed E-state index contributed by atoms with van der Waals surface area (Å²) in [6.07, 6.45) is 0. The number of amides is 1. The van der Waals surface area contributed by atoms with E-state index in [4.69, 9.17) is 9.72 Å². The van der Waals surface area contributed by atoms with Crippen LogP contribution in [-0.4, -0.2) is 38.1 Å². The molecule has 0 aliphatic rings. The largest absolute Gasteiger partial charge is 0.495 e. The maximum absolute atomic E-state index is 13.6. The number of nitrogens with zero attached hydrogens (tertiary/aromatic N) is 4. The summed E-state index contributed by atoms with van der Waals surface area (Å²) in [6, 6.07) is 15.3. The molecule has 0 spiro atoms. The zero-order valence-corrected chi connectivity index (χ0v) is 20.5. The Hall–Kier alpha value is -3.59. The van der Waals surface area contributed by atoms with E-state index >= 15 is 0 Å². The van der Waals surface area contributed by atoms with E-state index in [1.165, 1.54) is 11.8 Å². The highest BCUT2D eigenvalue weighted by Gasteiger charge is 2.19. The summed E-state index contributed by atoms with van der Waals surface area (Å²) >= 11 is 1.23. The van der Waals surface area contributed by atoms with Crippen molar-refractivity contribution in [3.8, 4) is 5.75 Å². The Morgan fingerprint density at radius 2 is 1.85 bits per heavy atom. The highest BCUT2D eigenvalue weighted by molar-refractivity contribution is 7.99. The first-order chi connectivity index (χ1) is 16.4. The second-order valence-electron chi connectivity index (χ2n) is 7.91. The first-order valence-electron chi connectivity index (χ1n) is 11.0. The quantitative estimate of drug-likeness (QED) is 0.305. The van der Waals surface area contributed by atoms with Crippen LogP contribution < -0.4 is 15.6 Å². The minimum atomic E-state index is -0.216. The molecule has 1 N–H and O–H groups in total. The van der Waals surface area contributed by atoms with Crippen molar-refractivity contribution in [3.05, 3.63) is 75.7 Å². The highest BCUT2D eigenvalue weighted by Crippen LogP contribution is 2.25. The van der Waals surface area contributed by atoms with Gasteiger partial charge in [-0.05, 0) is 38.5 Å². The number of fused-ring (bicyclic) bond motifs is 1. The van der Waals surface area contributed by atoms with Crippen LogP contribution in [0.15, 0.2) is 58.5 Å². The fourth-order valence-corrected chi connectivity index (χ4v) is 4.50. The third kappa shape index (κ3) is 4.84. The van der Waals surface area contributed by atoms with E-state index in [9.17, 15) is 9.59 Å². The van der Waals surface area contributed by atoms with Gasteiger partial charge in [0.15, 0.2) is 10.7 Å². The number of ether oxygens (including phenoxy) is 1. The lowest BCUT2D eigenvalue weighted by atomic mass is 10.1. The van der Waals surface area contributed by atoms with Gasteiger partial charge >= 0.3 is 0 Å². The van der Waals surface area contributed by atoms with Crippen LogP contribution in [0.1, 0.15) is 23.7 Å². The molecule has 0 saturated carbocycles. The van der Waals surface area contributed by atoms with E-state index < -0.39 is 0 Å². The van der Waals surface area contributed by atoms with Gasteiger partial charge in [0.05, 0.1) is 30.8 Å². The first-order valence-corrected chi connectivity index (χ1v) is 12.0. The molecule has 1 amide bonds. The number of aryl methyl sites for hydroxylation is 3. The summed E-state index contributed by atoms with van der Waals surface area (Å²) in [6.45, 7) is 6.73. The number of rotatable bonds is 8. The summed E-state index contributed by atoms with van der Waals surface area (Å²) in [5.41, 5.74) is 4.29.